The molecule has 0 unspecified atom stereocenters. The fraction of sp³-hybridized carbons (Fsp3) is 0. The number of halogens is 1. The summed E-state index contributed by atoms with van der Waals surface area (Å²) in [5.74, 6) is 0. The molecule has 0 fully saturated rings. The highest BCUT2D eigenvalue weighted by molar-refractivity contribution is 7.86. The molecule has 0 spiro atoms. The largest absolute Gasteiger partial charge is 0.352 e. The van der Waals surface area contributed by atoms with Crippen LogP contribution in [0.4, 0.5) is 3.89 Å². The van der Waals surface area contributed by atoms with Crippen LogP contribution in [0.25, 0.3) is 0 Å². The minimum Gasteiger partial charge on any atom is -0.241 e. The van der Waals surface area contributed by atoms with Crippen LogP contribution in [0.15, 0.2) is 17.4 Å². The molecule has 1 aromatic heterocycles. The van der Waals surface area contributed by atoms with Gasteiger partial charge in [-0.25, -0.2) is 9.97 Å². The van der Waals surface area contributed by atoms with Crippen molar-refractivity contribution in [2.45, 2.75) is 5.03 Å². The number of rotatable bonds is 1. The topological polar surface area (TPSA) is 83.7 Å². The van der Waals surface area contributed by atoms with Crippen molar-refractivity contribution in [1.82, 2.24) is 9.97 Å². The van der Waals surface area contributed by atoms with E-state index in [1.165, 1.54) is 6.07 Å². The quantitative estimate of drug-likeness (QED) is 0.578. The monoisotopic (exact) mass is 187 g/mol. The Bertz CT molecular complexity index is 436. The molecule has 0 aromatic carbocycles. The number of aromatic nitrogens is 2. The Kier molecular flexibility index (Phi) is 2.01. The molecule has 1 heterocycles. The first-order valence-corrected chi connectivity index (χ1v) is 4.10. The lowest BCUT2D eigenvalue weighted by Gasteiger charge is -1.93. The zero-order chi connectivity index (χ0) is 9.19. The van der Waals surface area contributed by atoms with Gasteiger partial charge in [-0.05, 0) is 0 Å². The summed E-state index contributed by atoms with van der Waals surface area (Å²) in [5, 5.41) is 7.36. The molecule has 0 N–H and O–H groups in total. The van der Waals surface area contributed by atoms with Gasteiger partial charge < -0.3 is 0 Å². The van der Waals surface area contributed by atoms with E-state index in [1.54, 1.807) is 0 Å². The Morgan fingerprint density at radius 3 is 2.42 bits per heavy atom. The predicted octanol–water partition coefficient (Wildman–Crippen LogP) is 0.00648. The zero-order valence-corrected chi connectivity index (χ0v) is 6.42. The number of nitriles is 1. The molecule has 0 saturated heterocycles. The molecular weight excluding hydrogens is 185 g/mol. The van der Waals surface area contributed by atoms with Crippen molar-refractivity contribution in [3.63, 3.8) is 0 Å². The maximum atomic E-state index is 12.3. The third kappa shape index (κ3) is 1.54. The van der Waals surface area contributed by atoms with Crippen LogP contribution in [-0.2, 0) is 10.2 Å². The van der Waals surface area contributed by atoms with Crippen LogP contribution < -0.4 is 0 Å². The molecule has 7 heteroatoms. The molecule has 0 bridgehead atoms. The van der Waals surface area contributed by atoms with Gasteiger partial charge in [-0.2, -0.15) is 13.7 Å². The molecule has 5 nitrogen and oxygen atoms in total. The Labute approximate surface area is 67.7 Å². The summed E-state index contributed by atoms with van der Waals surface area (Å²) in [6.45, 7) is 0. The second-order valence-corrected chi connectivity index (χ2v) is 3.02. The molecule has 62 valence electrons. The smallest absolute Gasteiger partial charge is 0.241 e. The Hall–Kier alpha value is -1.55. The maximum Gasteiger partial charge on any atom is 0.352 e. The van der Waals surface area contributed by atoms with Crippen LogP contribution in [0.1, 0.15) is 5.69 Å². The van der Waals surface area contributed by atoms with Crippen LogP contribution in [0.3, 0.4) is 0 Å². The SMILES string of the molecule is N#Cc1nccnc1S(=O)(=O)F. The van der Waals surface area contributed by atoms with Crippen molar-refractivity contribution in [2.24, 2.45) is 0 Å². The highest BCUT2D eigenvalue weighted by atomic mass is 32.3. The standard InChI is InChI=1S/C5H2FN3O2S/c6-12(10,11)5-4(3-7)8-1-2-9-5/h1-2H. The van der Waals surface area contributed by atoms with Crippen molar-refractivity contribution in [2.75, 3.05) is 0 Å². The van der Waals surface area contributed by atoms with Crippen LogP contribution in [0.2, 0.25) is 0 Å². The maximum absolute atomic E-state index is 12.3. The lowest BCUT2D eigenvalue weighted by Crippen LogP contribution is -2.01. The van der Waals surface area contributed by atoms with Crippen LogP contribution in [0.5, 0.6) is 0 Å². The van der Waals surface area contributed by atoms with Gasteiger partial charge >= 0.3 is 10.2 Å². The minimum absolute atomic E-state index is 0.542. The van der Waals surface area contributed by atoms with Crippen molar-refractivity contribution in [3.8, 4) is 6.07 Å². The van der Waals surface area contributed by atoms with E-state index in [9.17, 15) is 12.3 Å². The first-order chi connectivity index (χ1) is 5.55. The second kappa shape index (κ2) is 2.83. The summed E-state index contributed by atoms with van der Waals surface area (Å²) in [4.78, 5) is 6.49. The number of hydrogen-bond donors (Lipinski definition) is 0. The van der Waals surface area contributed by atoms with Gasteiger partial charge in [0.25, 0.3) is 0 Å². The van der Waals surface area contributed by atoms with Crippen molar-refractivity contribution in [1.29, 1.82) is 5.26 Å². The summed E-state index contributed by atoms with van der Waals surface area (Å²) >= 11 is 0. The third-order valence-electron chi connectivity index (χ3n) is 1.00. The molecular formula is C5H2FN3O2S. The molecule has 0 radical (unpaired) electrons. The second-order valence-electron chi connectivity index (χ2n) is 1.76. The van der Waals surface area contributed by atoms with Crippen LogP contribution >= 0.6 is 0 Å². The van der Waals surface area contributed by atoms with E-state index in [0.29, 0.717) is 0 Å². The Balaban J connectivity index is 3.47. The molecule has 12 heavy (non-hydrogen) atoms. The summed E-state index contributed by atoms with van der Waals surface area (Å²) < 4.78 is 32.9. The summed E-state index contributed by atoms with van der Waals surface area (Å²) in [6, 6.07) is 1.41. The number of hydrogen-bond acceptors (Lipinski definition) is 5. The molecule has 0 saturated carbocycles. The van der Waals surface area contributed by atoms with Crippen molar-refractivity contribution < 1.29 is 12.3 Å². The lowest BCUT2D eigenvalue weighted by molar-refractivity contribution is 0.546. The van der Waals surface area contributed by atoms with Gasteiger partial charge in [0.1, 0.15) is 6.07 Å². The van der Waals surface area contributed by atoms with Crippen molar-refractivity contribution in [3.05, 3.63) is 18.1 Å². The average molecular weight is 187 g/mol. The van der Waals surface area contributed by atoms with Crippen LogP contribution in [0, 0.1) is 11.3 Å². The summed E-state index contributed by atoms with van der Waals surface area (Å²) in [5.41, 5.74) is -0.542. The summed E-state index contributed by atoms with van der Waals surface area (Å²) in [6.07, 6.45) is 2.10. The summed E-state index contributed by atoms with van der Waals surface area (Å²) in [7, 11) is -4.94. The van der Waals surface area contributed by atoms with E-state index < -0.39 is 20.9 Å². The van der Waals surface area contributed by atoms with Gasteiger partial charge in [0.15, 0.2) is 5.69 Å². The van der Waals surface area contributed by atoms with E-state index in [4.69, 9.17) is 5.26 Å². The lowest BCUT2D eigenvalue weighted by atomic mass is 10.5. The Morgan fingerprint density at radius 2 is 2.00 bits per heavy atom. The Morgan fingerprint density at radius 1 is 1.42 bits per heavy atom. The van der Waals surface area contributed by atoms with Gasteiger partial charge in [-0.1, -0.05) is 3.89 Å². The van der Waals surface area contributed by atoms with Gasteiger partial charge in [-0.3, -0.25) is 0 Å². The number of nitrogens with zero attached hydrogens (tertiary/aromatic N) is 3. The van der Waals surface area contributed by atoms with Gasteiger partial charge in [-0.15, -0.1) is 0 Å². The van der Waals surface area contributed by atoms with Gasteiger partial charge in [0.05, 0.1) is 0 Å². The van der Waals surface area contributed by atoms with E-state index in [1.807, 2.05) is 0 Å². The predicted molar refractivity (Wildman–Crippen MR) is 35.0 cm³/mol. The fourth-order valence-electron chi connectivity index (χ4n) is 0.580. The van der Waals surface area contributed by atoms with E-state index in [2.05, 4.69) is 9.97 Å². The van der Waals surface area contributed by atoms with E-state index in [0.717, 1.165) is 12.4 Å². The highest BCUT2D eigenvalue weighted by Gasteiger charge is 2.19. The van der Waals surface area contributed by atoms with Gasteiger partial charge in [0, 0.05) is 12.4 Å². The molecule has 1 rings (SSSR count). The average Bonchev–Trinajstić information content (AvgIpc) is 2.03. The molecule has 0 aliphatic heterocycles. The van der Waals surface area contributed by atoms with Crippen molar-refractivity contribution >= 4 is 10.2 Å². The van der Waals surface area contributed by atoms with E-state index in [-0.39, 0.29) is 0 Å². The fourth-order valence-corrected chi connectivity index (χ4v) is 1.10. The molecule has 0 aliphatic rings. The normalized spacial score (nSPS) is 10.7. The minimum atomic E-state index is -4.94. The molecule has 0 amide bonds. The molecule has 0 atom stereocenters. The zero-order valence-electron chi connectivity index (χ0n) is 5.60. The third-order valence-corrected chi connectivity index (χ3v) is 1.76. The molecule has 0 aliphatic carbocycles. The van der Waals surface area contributed by atoms with E-state index >= 15 is 0 Å². The van der Waals surface area contributed by atoms with Crippen LogP contribution in [-0.4, -0.2) is 18.4 Å². The first kappa shape index (κ1) is 8.55. The highest BCUT2D eigenvalue weighted by Crippen LogP contribution is 2.10. The molecule has 1 aromatic rings. The van der Waals surface area contributed by atoms with Gasteiger partial charge in [0.2, 0.25) is 5.03 Å². The first-order valence-electron chi connectivity index (χ1n) is 2.71.